The van der Waals surface area contributed by atoms with E-state index in [-0.39, 0.29) is 0 Å². The van der Waals surface area contributed by atoms with Crippen molar-refractivity contribution in [3.63, 3.8) is 0 Å². The highest BCUT2D eigenvalue weighted by Gasteiger charge is 2.32. The molecule has 1 aromatic carbocycles. The molecule has 21 heavy (non-hydrogen) atoms. The van der Waals surface area contributed by atoms with Gasteiger partial charge in [-0.3, -0.25) is 0 Å². The summed E-state index contributed by atoms with van der Waals surface area (Å²) >= 11 is 0. The van der Waals surface area contributed by atoms with Gasteiger partial charge in [-0.05, 0) is 50.3 Å². The molecule has 2 unspecified atom stereocenters. The quantitative estimate of drug-likeness (QED) is 0.790. The van der Waals surface area contributed by atoms with Crippen LogP contribution in [-0.2, 0) is 4.74 Å². The average Bonchev–Trinajstić information content (AvgIpc) is 2.52. The van der Waals surface area contributed by atoms with Crippen molar-refractivity contribution in [2.45, 2.75) is 65.0 Å². The molecule has 1 aliphatic rings. The van der Waals surface area contributed by atoms with Crippen LogP contribution < -0.4 is 5.32 Å². The summed E-state index contributed by atoms with van der Waals surface area (Å²) in [6.45, 7) is 8.31. The third-order valence-corrected chi connectivity index (χ3v) is 4.75. The number of rotatable bonds is 7. The van der Waals surface area contributed by atoms with Crippen molar-refractivity contribution in [2.75, 3.05) is 13.2 Å². The van der Waals surface area contributed by atoms with Crippen LogP contribution in [0.2, 0.25) is 0 Å². The second kappa shape index (κ2) is 8.55. The summed E-state index contributed by atoms with van der Waals surface area (Å²) in [6, 6.07) is 9.06. The molecule has 0 bridgehead atoms. The van der Waals surface area contributed by atoms with Crippen LogP contribution in [0.4, 0.5) is 0 Å². The molecule has 2 atom stereocenters. The SMILES string of the molecule is CCNC(c1ccccc1C)C(OCC)C1CCCCC1. The lowest BCUT2D eigenvalue weighted by molar-refractivity contribution is -0.0181. The Bertz CT molecular complexity index is 412. The predicted molar refractivity (Wildman–Crippen MR) is 89.6 cm³/mol. The maximum atomic E-state index is 6.24. The minimum Gasteiger partial charge on any atom is -0.376 e. The van der Waals surface area contributed by atoms with Crippen molar-refractivity contribution in [1.82, 2.24) is 5.32 Å². The maximum absolute atomic E-state index is 6.24. The maximum Gasteiger partial charge on any atom is 0.0797 e. The largest absolute Gasteiger partial charge is 0.376 e. The summed E-state index contributed by atoms with van der Waals surface area (Å²) in [5, 5.41) is 3.70. The number of aryl methyl sites for hydroxylation is 1. The first-order chi connectivity index (χ1) is 10.3. The molecule has 1 saturated carbocycles. The fraction of sp³-hybridized carbons (Fsp3) is 0.684. The zero-order valence-electron chi connectivity index (χ0n) is 13.9. The van der Waals surface area contributed by atoms with E-state index in [0.717, 1.165) is 13.2 Å². The van der Waals surface area contributed by atoms with Gasteiger partial charge < -0.3 is 10.1 Å². The molecule has 2 rings (SSSR count). The number of likely N-dealkylation sites (N-methyl/N-ethyl adjacent to an activating group) is 1. The molecule has 0 heterocycles. The minimum absolute atomic E-state index is 0.302. The van der Waals surface area contributed by atoms with Gasteiger partial charge in [-0.15, -0.1) is 0 Å². The van der Waals surface area contributed by atoms with Gasteiger partial charge in [0, 0.05) is 6.61 Å². The van der Waals surface area contributed by atoms with Crippen molar-refractivity contribution in [1.29, 1.82) is 0 Å². The van der Waals surface area contributed by atoms with Crippen molar-refractivity contribution in [3.05, 3.63) is 35.4 Å². The van der Waals surface area contributed by atoms with Gasteiger partial charge in [0.2, 0.25) is 0 Å². The van der Waals surface area contributed by atoms with Gasteiger partial charge >= 0.3 is 0 Å². The van der Waals surface area contributed by atoms with Crippen LogP contribution in [0.1, 0.15) is 63.1 Å². The number of nitrogens with one attached hydrogen (secondary N) is 1. The van der Waals surface area contributed by atoms with E-state index >= 15 is 0 Å². The van der Waals surface area contributed by atoms with Gasteiger partial charge in [-0.2, -0.15) is 0 Å². The first-order valence-corrected chi connectivity index (χ1v) is 8.68. The van der Waals surface area contributed by atoms with Crippen LogP contribution in [0, 0.1) is 12.8 Å². The summed E-state index contributed by atoms with van der Waals surface area (Å²) < 4.78 is 6.24. The van der Waals surface area contributed by atoms with Crippen LogP contribution in [0.15, 0.2) is 24.3 Å². The van der Waals surface area contributed by atoms with E-state index in [2.05, 4.69) is 50.4 Å². The molecule has 1 N–H and O–H groups in total. The predicted octanol–water partition coefficient (Wildman–Crippen LogP) is 4.63. The van der Waals surface area contributed by atoms with Crippen molar-refractivity contribution in [2.24, 2.45) is 5.92 Å². The number of ether oxygens (including phenoxy) is 1. The Balaban J connectivity index is 2.25. The molecular weight excluding hydrogens is 258 g/mol. The van der Waals surface area contributed by atoms with Gasteiger partial charge in [0.05, 0.1) is 12.1 Å². The van der Waals surface area contributed by atoms with Gasteiger partial charge in [0.1, 0.15) is 0 Å². The molecule has 0 amide bonds. The lowest BCUT2D eigenvalue weighted by Gasteiger charge is -2.36. The van der Waals surface area contributed by atoms with Crippen LogP contribution >= 0.6 is 0 Å². The highest BCUT2D eigenvalue weighted by atomic mass is 16.5. The Hall–Kier alpha value is -0.860. The fourth-order valence-corrected chi connectivity index (χ4v) is 3.72. The molecule has 0 saturated heterocycles. The van der Waals surface area contributed by atoms with E-state index in [1.165, 1.54) is 43.2 Å². The van der Waals surface area contributed by atoms with Gasteiger partial charge in [-0.25, -0.2) is 0 Å². The molecule has 1 aromatic rings. The highest BCUT2D eigenvalue weighted by molar-refractivity contribution is 5.29. The van der Waals surface area contributed by atoms with E-state index in [4.69, 9.17) is 4.74 Å². The molecule has 0 aliphatic heterocycles. The molecule has 0 spiro atoms. The van der Waals surface area contributed by atoms with Crippen LogP contribution in [0.25, 0.3) is 0 Å². The smallest absolute Gasteiger partial charge is 0.0797 e. The van der Waals surface area contributed by atoms with Crippen molar-refractivity contribution < 1.29 is 4.74 Å². The minimum atomic E-state index is 0.302. The lowest BCUT2D eigenvalue weighted by atomic mass is 9.80. The van der Waals surface area contributed by atoms with E-state index in [0.29, 0.717) is 18.1 Å². The van der Waals surface area contributed by atoms with Crippen LogP contribution in [-0.4, -0.2) is 19.3 Å². The second-order valence-corrected chi connectivity index (χ2v) is 6.21. The highest BCUT2D eigenvalue weighted by Crippen LogP contribution is 2.35. The molecule has 0 aromatic heterocycles. The van der Waals surface area contributed by atoms with Gasteiger partial charge in [-0.1, -0.05) is 50.5 Å². The Morgan fingerprint density at radius 3 is 2.48 bits per heavy atom. The average molecular weight is 289 g/mol. The van der Waals surface area contributed by atoms with E-state index in [9.17, 15) is 0 Å². The molecule has 118 valence electrons. The summed E-state index contributed by atoms with van der Waals surface area (Å²) in [4.78, 5) is 0. The molecule has 1 aliphatic carbocycles. The topological polar surface area (TPSA) is 21.3 Å². The van der Waals surface area contributed by atoms with E-state index in [1.807, 2.05) is 0 Å². The van der Waals surface area contributed by atoms with E-state index in [1.54, 1.807) is 0 Å². The Kier molecular flexibility index (Phi) is 6.72. The molecule has 2 heteroatoms. The van der Waals surface area contributed by atoms with Crippen molar-refractivity contribution >= 4 is 0 Å². The van der Waals surface area contributed by atoms with Crippen LogP contribution in [0.5, 0.6) is 0 Å². The molecule has 2 nitrogen and oxygen atoms in total. The van der Waals surface area contributed by atoms with Crippen molar-refractivity contribution in [3.8, 4) is 0 Å². The number of benzene rings is 1. The third-order valence-electron chi connectivity index (χ3n) is 4.75. The summed E-state index contributed by atoms with van der Waals surface area (Å²) in [7, 11) is 0. The summed E-state index contributed by atoms with van der Waals surface area (Å²) in [6.07, 6.45) is 7.06. The van der Waals surface area contributed by atoms with Crippen LogP contribution in [0.3, 0.4) is 0 Å². The zero-order chi connectivity index (χ0) is 15.1. The van der Waals surface area contributed by atoms with Gasteiger partial charge in [0.15, 0.2) is 0 Å². The molecule has 1 fully saturated rings. The normalized spacial score (nSPS) is 19.4. The van der Waals surface area contributed by atoms with Gasteiger partial charge in [0.25, 0.3) is 0 Å². The summed E-state index contributed by atoms with van der Waals surface area (Å²) in [5.74, 6) is 0.697. The zero-order valence-corrected chi connectivity index (χ0v) is 13.9. The Morgan fingerprint density at radius 2 is 1.86 bits per heavy atom. The molecule has 0 radical (unpaired) electrons. The number of hydrogen-bond acceptors (Lipinski definition) is 2. The summed E-state index contributed by atoms with van der Waals surface area (Å²) in [5.41, 5.74) is 2.77. The monoisotopic (exact) mass is 289 g/mol. The first-order valence-electron chi connectivity index (χ1n) is 8.68. The van der Waals surface area contributed by atoms with E-state index < -0.39 is 0 Å². The molecular formula is C19H31NO. The fourth-order valence-electron chi connectivity index (χ4n) is 3.72. The Morgan fingerprint density at radius 1 is 1.14 bits per heavy atom. The first kappa shape index (κ1) is 16.5. The lowest BCUT2D eigenvalue weighted by Crippen LogP contribution is -2.40. The standard InChI is InChI=1S/C19H31NO/c1-4-20-18(17-14-10-9-11-15(17)3)19(21-5-2)16-12-7-6-8-13-16/h9-11,14,16,18-20H,4-8,12-13H2,1-3H3. The third kappa shape index (κ3) is 4.31. The second-order valence-electron chi connectivity index (χ2n) is 6.21. The number of hydrogen-bond donors (Lipinski definition) is 1. The Labute approximate surface area is 130 Å².